The van der Waals surface area contributed by atoms with Crippen LogP contribution in [0.1, 0.15) is 24.1 Å². The quantitative estimate of drug-likeness (QED) is 0.872. The zero-order valence-electron chi connectivity index (χ0n) is 10.2. The maximum Gasteiger partial charge on any atom is 0.0681 e. The van der Waals surface area contributed by atoms with Crippen LogP contribution >= 0.6 is 11.6 Å². The summed E-state index contributed by atoms with van der Waals surface area (Å²) >= 11 is 5.87. The summed E-state index contributed by atoms with van der Waals surface area (Å²) in [7, 11) is 0. The molecule has 0 radical (unpaired) electrons. The monoisotopic (exact) mass is 261 g/mol. The molecule has 2 aromatic carbocycles. The van der Waals surface area contributed by atoms with Crippen LogP contribution in [-0.4, -0.2) is 5.11 Å². The van der Waals surface area contributed by atoms with Gasteiger partial charge in [0.15, 0.2) is 0 Å². The van der Waals surface area contributed by atoms with Gasteiger partial charge in [0.05, 0.1) is 6.61 Å². The SMILES string of the molecule is CC(Nc1ccc(CO)cc1)c1ccc(Cl)cc1. The van der Waals surface area contributed by atoms with E-state index in [2.05, 4.69) is 12.2 Å². The summed E-state index contributed by atoms with van der Waals surface area (Å²) in [5.74, 6) is 0. The molecule has 2 rings (SSSR count). The zero-order valence-corrected chi connectivity index (χ0v) is 11.0. The van der Waals surface area contributed by atoms with Gasteiger partial charge >= 0.3 is 0 Å². The van der Waals surface area contributed by atoms with Gasteiger partial charge < -0.3 is 10.4 Å². The van der Waals surface area contributed by atoms with Crippen LogP contribution in [0.3, 0.4) is 0 Å². The lowest BCUT2D eigenvalue weighted by molar-refractivity contribution is 0.282. The summed E-state index contributed by atoms with van der Waals surface area (Å²) < 4.78 is 0. The maximum absolute atomic E-state index is 8.98. The molecule has 0 saturated carbocycles. The molecule has 0 spiro atoms. The van der Waals surface area contributed by atoms with Crippen LogP contribution in [-0.2, 0) is 6.61 Å². The van der Waals surface area contributed by atoms with Gasteiger partial charge in [0, 0.05) is 16.8 Å². The number of anilines is 1. The highest BCUT2D eigenvalue weighted by Gasteiger charge is 2.04. The fraction of sp³-hybridized carbons (Fsp3) is 0.200. The van der Waals surface area contributed by atoms with E-state index in [1.165, 1.54) is 5.56 Å². The number of rotatable bonds is 4. The second-order valence-electron chi connectivity index (χ2n) is 4.27. The highest BCUT2D eigenvalue weighted by molar-refractivity contribution is 6.30. The Morgan fingerprint density at radius 3 is 2.22 bits per heavy atom. The zero-order chi connectivity index (χ0) is 13.0. The molecule has 2 aromatic rings. The van der Waals surface area contributed by atoms with E-state index in [1.807, 2.05) is 48.5 Å². The Balaban J connectivity index is 2.05. The van der Waals surface area contributed by atoms with Crippen molar-refractivity contribution in [2.24, 2.45) is 0 Å². The van der Waals surface area contributed by atoms with Crippen molar-refractivity contribution < 1.29 is 5.11 Å². The van der Waals surface area contributed by atoms with Gasteiger partial charge in [0.25, 0.3) is 0 Å². The Morgan fingerprint density at radius 1 is 1.06 bits per heavy atom. The van der Waals surface area contributed by atoms with E-state index in [-0.39, 0.29) is 12.6 Å². The first-order valence-corrected chi connectivity index (χ1v) is 6.28. The van der Waals surface area contributed by atoms with E-state index in [1.54, 1.807) is 0 Å². The molecule has 0 amide bonds. The van der Waals surface area contributed by atoms with Gasteiger partial charge in [0.2, 0.25) is 0 Å². The van der Waals surface area contributed by atoms with Crippen LogP contribution in [0.5, 0.6) is 0 Å². The van der Waals surface area contributed by atoms with Crippen molar-refractivity contribution in [1.29, 1.82) is 0 Å². The second-order valence-corrected chi connectivity index (χ2v) is 4.71. The van der Waals surface area contributed by atoms with E-state index in [0.29, 0.717) is 0 Å². The van der Waals surface area contributed by atoms with Crippen LogP contribution in [0.25, 0.3) is 0 Å². The molecule has 0 heterocycles. The first-order chi connectivity index (χ1) is 8.69. The van der Waals surface area contributed by atoms with Crippen LogP contribution in [0.15, 0.2) is 48.5 Å². The van der Waals surface area contributed by atoms with E-state index >= 15 is 0 Å². The van der Waals surface area contributed by atoms with Crippen molar-refractivity contribution in [3.05, 3.63) is 64.7 Å². The highest BCUT2D eigenvalue weighted by atomic mass is 35.5. The van der Waals surface area contributed by atoms with E-state index in [9.17, 15) is 0 Å². The number of hydrogen-bond donors (Lipinski definition) is 2. The molecule has 2 N–H and O–H groups in total. The predicted molar refractivity (Wildman–Crippen MR) is 75.9 cm³/mol. The lowest BCUT2D eigenvalue weighted by atomic mass is 10.1. The average Bonchev–Trinajstić information content (AvgIpc) is 2.40. The molecule has 0 bridgehead atoms. The largest absolute Gasteiger partial charge is 0.392 e. The summed E-state index contributed by atoms with van der Waals surface area (Å²) in [5, 5.41) is 13.1. The first-order valence-electron chi connectivity index (χ1n) is 5.91. The highest BCUT2D eigenvalue weighted by Crippen LogP contribution is 2.21. The molecule has 0 aromatic heterocycles. The van der Waals surface area contributed by atoms with E-state index in [0.717, 1.165) is 16.3 Å². The third-order valence-electron chi connectivity index (χ3n) is 2.89. The molecule has 94 valence electrons. The fourth-order valence-electron chi connectivity index (χ4n) is 1.79. The molecule has 18 heavy (non-hydrogen) atoms. The van der Waals surface area contributed by atoms with Crippen molar-refractivity contribution in [3.8, 4) is 0 Å². The molecule has 0 fully saturated rings. The number of aliphatic hydroxyl groups excluding tert-OH is 1. The smallest absolute Gasteiger partial charge is 0.0681 e. The minimum Gasteiger partial charge on any atom is -0.392 e. The third kappa shape index (κ3) is 3.25. The number of nitrogens with one attached hydrogen (secondary N) is 1. The molecule has 2 nitrogen and oxygen atoms in total. The standard InChI is InChI=1S/C15H16ClNO/c1-11(13-4-6-14(16)7-5-13)17-15-8-2-12(10-18)3-9-15/h2-9,11,17-18H,10H2,1H3. The van der Waals surface area contributed by atoms with Crippen LogP contribution in [0.2, 0.25) is 5.02 Å². The minimum absolute atomic E-state index is 0.0764. The minimum atomic E-state index is 0.0764. The number of aliphatic hydroxyl groups is 1. The molecule has 0 aliphatic heterocycles. The third-order valence-corrected chi connectivity index (χ3v) is 3.14. The van der Waals surface area contributed by atoms with Crippen molar-refractivity contribution in [3.63, 3.8) is 0 Å². The van der Waals surface area contributed by atoms with Crippen LogP contribution in [0.4, 0.5) is 5.69 Å². The van der Waals surface area contributed by atoms with Gasteiger partial charge in [-0.2, -0.15) is 0 Å². The van der Waals surface area contributed by atoms with E-state index < -0.39 is 0 Å². The molecule has 0 aliphatic rings. The van der Waals surface area contributed by atoms with E-state index in [4.69, 9.17) is 16.7 Å². The second kappa shape index (κ2) is 5.89. The Kier molecular flexibility index (Phi) is 4.24. The van der Waals surface area contributed by atoms with Crippen molar-refractivity contribution in [2.75, 3.05) is 5.32 Å². The molecular weight excluding hydrogens is 246 g/mol. The summed E-state index contributed by atoms with van der Waals surface area (Å²) in [6.07, 6.45) is 0. The lowest BCUT2D eigenvalue weighted by Crippen LogP contribution is -2.06. The molecule has 3 heteroatoms. The van der Waals surface area contributed by atoms with Crippen molar-refractivity contribution in [1.82, 2.24) is 0 Å². The van der Waals surface area contributed by atoms with Crippen molar-refractivity contribution >= 4 is 17.3 Å². The Bertz CT molecular complexity index is 493. The summed E-state index contributed by atoms with van der Waals surface area (Å²) in [6, 6.07) is 15.8. The average molecular weight is 262 g/mol. The Hall–Kier alpha value is -1.51. The summed E-state index contributed by atoms with van der Waals surface area (Å²) in [6.45, 7) is 2.18. The lowest BCUT2D eigenvalue weighted by Gasteiger charge is -2.16. The van der Waals surface area contributed by atoms with Gasteiger partial charge in [-0.1, -0.05) is 35.9 Å². The number of halogens is 1. The van der Waals surface area contributed by atoms with Crippen LogP contribution < -0.4 is 5.32 Å². The maximum atomic E-state index is 8.98. The summed E-state index contributed by atoms with van der Waals surface area (Å²) in [4.78, 5) is 0. The predicted octanol–water partition coefficient (Wildman–Crippen LogP) is 4.01. The van der Waals surface area contributed by atoms with Crippen LogP contribution in [0, 0.1) is 0 Å². The number of benzene rings is 2. The van der Waals surface area contributed by atoms with Gasteiger partial charge in [-0.3, -0.25) is 0 Å². The molecular formula is C15H16ClNO. The topological polar surface area (TPSA) is 32.3 Å². The normalized spacial score (nSPS) is 12.2. The molecule has 0 aliphatic carbocycles. The molecule has 1 atom stereocenters. The van der Waals surface area contributed by atoms with Crippen molar-refractivity contribution in [2.45, 2.75) is 19.6 Å². The Morgan fingerprint density at radius 2 is 1.67 bits per heavy atom. The molecule has 1 unspecified atom stereocenters. The fourth-order valence-corrected chi connectivity index (χ4v) is 1.92. The first kappa shape index (κ1) is 12.9. The van der Waals surface area contributed by atoms with Gasteiger partial charge in [-0.15, -0.1) is 0 Å². The van der Waals surface area contributed by atoms with Gasteiger partial charge in [-0.25, -0.2) is 0 Å². The molecule has 0 saturated heterocycles. The van der Waals surface area contributed by atoms with Gasteiger partial charge in [0.1, 0.15) is 0 Å². The van der Waals surface area contributed by atoms with Gasteiger partial charge in [-0.05, 0) is 42.3 Å². The number of hydrogen-bond acceptors (Lipinski definition) is 2. The Labute approximate surface area is 112 Å². The summed E-state index contributed by atoms with van der Waals surface area (Å²) in [5.41, 5.74) is 3.14.